The van der Waals surface area contributed by atoms with Crippen LogP contribution < -0.4 is 21.1 Å². The van der Waals surface area contributed by atoms with Crippen molar-refractivity contribution in [3.8, 4) is 5.75 Å². The zero-order valence-electron chi connectivity index (χ0n) is 10.3. The number of ether oxygens (including phenoxy) is 1. The van der Waals surface area contributed by atoms with Crippen LogP contribution in [-0.2, 0) is 9.59 Å². The fourth-order valence-corrected chi connectivity index (χ4v) is 1.33. The molecule has 0 bridgehead atoms. The van der Waals surface area contributed by atoms with Crippen molar-refractivity contribution in [3.05, 3.63) is 29.3 Å². The lowest BCUT2D eigenvalue weighted by atomic mass is 10.3. The second-order valence-electron chi connectivity index (χ2n) is 3.63. The fraction of sp³-hybridized carbons (Fsp3) is 0.333. The van der Waals surface area contributed by atoms with Gasteiger partial charge in [-0.1, -0.05) is 11.6 Å². The topological polar surface area (TPSA) is 93.5 Å². The van der Waals surface area contributed by atoms with Crippen LogP contribution in [0.1, 0.15) is 0 Å². The van der Waals surface area contributed by atoms with E-state index in [1.807, 2.05) is 0 Å². The van der Waals surface area contributed by atoms with E-state index in [-0.39, 0.29) is 24.9 Å². The summed E-state index contributed by atoms with van der Waals surface area (Å²) in [4.78, 5) is 22.1. The summed E-state index contributed by atoms with van der Waals surface area (Å²) in [5.74, 6) is 0.0177. The van der Waals surface area contributed by atoms with Gasteiger partial charge in [-0.2, -0.15) is 0 Å². The Labute approximate surface area is 116 Å². The van der Waals surface area contributed by atoms with E-state index in [0.717, 1.165) is 0 Å². The number of nitrogens with one attached hydrogen (secondary N) is 2. The predicted molar refractivity (Wildman–Crippen MR) is 72.0 cm³/mol. The second kappa shape index (κ2) is 8.34. The Bertz CT molecular complexity index is 423. The Balaban J connectivity index is 2.11. The van der Waals surface area contributed by atoms with E-state index >= 15 is 0 Å². The minimum Gasteiger partial charge on any atom is -0.492 e. The maximum absolute atomic E-state index is 11.3. The van der Waals surface area contributed by atoms with Crippen molar-refractivity contribution in [3.63, 3.8) is 0 Å². The summed E-state index contributed by atoms with van der Waals surface area (Å²) in [6.45, 7) is 0.460. The van der Waals surface area contributed by atoms with Gasteiger partial charge in [0.15, 0.2) is 0 Å². The number of rotatable bonds is 7. The molecule has 4 N–H and O–H groups in total. The lowest BCUT2D eigenvalue weighted by Crippen LogP contribution is -2.40. The molecule has 0 aliphatic carbocycles. The molecule has 1 rings (SSSR count). The largest absolute Gasteiger partial charge is 0.492 e. The van der Waals surface area contributed by atoms with E-state index in [2.05, 4.69) is 10.6 Å². The van der Waals surface area contributed by atoms with Gasteiger partial charge in [0.1, 0.15) is 12.4 Å². The van der Waals surface area contributed by atoms with Crippen molar-refractivity contribution in [1.82, 2.24) is 10.6 Å². The number of hydrogen-bond acceptors (Lipinski definition) is 4. The van der Waals surface area contributed by atoms with Crippen LogP contribution in [0.25, 0.3) is 0 Å². The van der Waals surface area contributed by atoms with Crippen molar-refractivity contribution in [2.75, 3.05) is 26.2 Å². The monoisotopic (exact) mass is 285 g/mol. The number of halogens is 1. The molecule has 0 heterocycles. The molecule has 0 aliphatic heterocycles. The molecule has 0 atom stereocenters. The van der Waals surface area contributed by atoms with Gasteiger partial charge in [0.25, 0.3) is 0 Å². The van der Waals surface area contributed by atoms with Gasteiger partial charge >= 0.3 is 0 Å². The van der Waals surface area contributed by atoms with E-state index in [1.165, 1.54) is 0 Å². The van der Waals surface area contributed by atoms with E-state index in [9.17, 15) is 9.59 Å². The van der Waals surface area contributed by atoms with Gasteiger partial charge in [-0.05, 0) is 24.3 Å². The molecule has 0 saturated carbocycles. The van der Waals surface area contributed by atoms with Crippen LogP contribution >= 0.6 is 11.6 Å². The summed E-state index contributed by atoms with van der Waals surface area (Å²) in [5, 5.41) is 5.60. The average Bonchev–Trinajstić information content (AvgIpc) is 2.42. The Kier molecular flexibility index (Phi) is 6.70. The molecule has 0 spiro atoms. The third-order valence-electron chi connectivity index (χ3n) is 2.14. The maximum atomic E-state index is 11.3. The van der Waals surface area contributed by atoms with Gasteiger partial charge in [0, 0.05) is 5.02 Å². The Morgan fingerprint density at radius 3 is 2.47 bits per heavy atom. The second-order valence-corrected chi connectivity index (χ2v) is 4.07. The lowest BCUT2D eigenvalue weighted by Gasteiger charge is -2.08. The minimum absolute atomic E-state index is 0.0863. The summed E-state index contributed by atoms with van der Waals surface area (Å²) in [6.07, 6.45) is 0. The van der Waals surface area contributed by atoms with E-state index in [0.29, 0.717) is 23.9 Å². The van der Waals surface area contributed by atoms with Crippen LogP contribution in [0.5, 0.6) is 5.75 Å². The molecule has 6 nitrogen and oxygen atoms in total. The van der Waals surface area contributed by atoms with Gasteiger partial charge in [0.05, 0.1) is 19.6 Å². The van der Waals surface area contributed by atoms with Crippen LogP contribution in [0.4, 0.5) is 0 Å². The number of amides is 2. The Hall–Kier alpha value is -1.79. The first-order valence-electron chi connectivity index (χ1n) is 5.73. The van der Waals surface area contributed by atoms with Crippen LogP contribution in [0.3, 0.4) is 0 Å². The summed E-state index contributed by atoms with van der Waals surface area (Å²) in [7, 11) is 0. The summed E-state index contributed by atoms with van der Waals surface area (Å²) in [6, 6.07) is 6.92. The molecular formula is C12H16ClN3O3. The third-order valence-corrected chi connectivity index (χ3v) is 2.39. The first kappa shape index (κ1) is 15.3. The summed E-state index contributed by atoms with van der Waals surface area (Å²) in [5.41, 5.74) is 5.08. The van der Waals surface area contributed by atoms with Crippen LogP contribution in [0.15, 0.2) is 24.3 Å². The molecule has 7 heteroatoms. The highest BCUT2D eigenvalue weighted by Gasteiger charge is 2.03. The van der Waals surface area contributed by atoms with Gasteiger partial charge in [-0.25, -0.2) is 0 Å². The lowest BCUT2D eigenvalue weighted by molar-refractivity contribution is -0.125. The van der Waals surface area contributed by atoms with Crippen molar-refractivity contribution in [1.29, 1.82) is 0 Å². The zero-order chi connectivity index (χ0) is 14.1. The summed E-state index contributed by atoms with van der Waals surface area (Å²) < 4.78 is 5.38. The predicted octanol–water partition coefficient (Wildman–Crippen LogP) is -0.0901. The molecule has 2 amide bonds. The SMILES string of the molecule is NCC(=O)NCC(=O)NCCOc1ccc(Cl)cc1. The van der Waals surface area contributed by atoms with Crippen molar-refractivity contribution < 1.29 is 14.3 Å². The van der Waals surface area contributed by atoms with E-state index < -0.39 is 0 Å². The van der Waals surface area contributed by atoms with Gasteiger partial charge in [-0.3, -0.25) is 9.59 Å². The van der Waals surface area contributed by atoms with Crippen molar-refractivity contribution in [2.45, 2.75) is 0 Å². The molecule has 0 fully saturated rings. The molecular weight excluding hydrogens is 270 g/mol. The smallest absolute Gasteiger partial charge is 0.239 e. The zero-order valence-corrected chi connectivity index (χ0v) is 11.1. The number of hydrogen-bond donors (Lipinski definition) is 3. The molecule has 0 saturated heterocycles. The molecule has 1 aromatic carbocycles. The first-order valence-corrected chi connectivity index (χ1v) is 6.11. The number of carbonyl (C=O) groups excluding carboxylic acids is 2. The maximum Gasteiger partial charge on any atom is 0.239 e. The van der Waals surface area contributed by atoms with E-state index in [1.54, 1.807) is 24.3 Å². The Morgan fingerprint density at radius 2 is 1.84 bits per heavy atom. The molecule has 104 valence electrons. The van der Waals surface area contributed by atoms with Crippen molar-refractivity contribution in [2.24, 2.45) is 5.73 Å². The normalized spacial score (nSPS) is 9.79. The highest BCUT2D eigenvalue weighted by Crippen LogP contribution is 2.14. The Morgan fingerprint density at radius 1 is 1.16 bits per heavy atom. The third kappa shape index (κ3) is 6.64. The van der Waals surface area contributed by atoms with E-state index in [4.69, 9.17) is 22.1 Å². The van der Waals surface area contributed by atoms with Gasteiger partial charge < -0.3 is 21.1 Å². The molecule has 1 aromatic rings. The van der Waals surface area contributed by atoms with Crippen LogP contribution in [-0.4, -0.2) is 38.1 Å². The highest BCUT2D eigenvalue weighted by molar-refractivity contribution is 6.30. The minimum atomic E-state index is -0.368. The molecule has 19 heavy (non-hydrogen) atoms. The number of nitrogens with two attached hydrogens (primary N) is 1. The molecule has 0 aromatic heterocycles. The van der Waals surface area contributed by atoms with Crippen molar-refractivity contribution >= 4 is 23.4 Å². The molecule has 0 unspecified atom stereocenters. The van der Waals surface area contributed by atoms with Crippen LogP contribution in [0, 0.1) is 0 Å². The number of benzene rings is 1. The van der Waals surface area contributed by atoms with Gasteiger partial charge in [0.2, 0.25) is 11.8 Å². The molecule has 0 aliphatic rings. The summed E-state index contributed by atoms with van der Waals surface area (Å²) >= 11 is 5.73. The fourth-order valence-electron chi connectivity index (χ4n) is 1.20. The van der Waals surface area contributed by atoms with Gasteiger partial charge in [-0.15, -0.1) is 0 Å². The first-order chi connectivity index (χ1) is 9.11. The number of carbonyl (C=O) groups is 2. The quantitative estimate of drug-likeness (QED) is 0.610. The standard InChI is InChI=1S/C12H16ClN3O3/c13-9-1-3-10(4-2-9)19-6-5-15-12(18)8-16-11(17)7-14/h1-4H,5-8,14H2,(H,15,18)(H,16,17). The highest BCUT2D eigenvalue weighted by atomic mass is 35.5. The molecule has 0 radical (unpaired) electrons. The average molecular weight is 286 g/mol. The van der Waals surface area contributed by atoms with Crippen LogP contribution in [0.2, 0.25) is 5.02 Å².